The number of methoxy groups -OCH3 is 1. The number of ether oxygens (including phenoxy) is 1. The zero-order valence-corrected chi connectivity index (χ0v) is 21.0. The van der Waals surface area contributed by atoms with Crippen molar-refractivity contribution in [1.82, 2.24) is 14.9 Å². The average Bonchev–Trinajstić information content (AvgIpc) is 3.15. The molecule has 0 amide bonds. The Hall–Kier alpha value is -0.910. The van der Waals surface area contributed by atoms with Crippen molar-refractivity contribution in [2.24, 2.45) is 10.4 Å². The van der Waals surface area contributed by atoms with Crippen LogP contribution >= 0.6 is 24.0 Å². The van der Waals surface area contributed by atoms with Crippen LogP contribution < -0.4 is 10.6 Å². The molecule has 166 valence electrons. The minimum absolute atomic E-state index is 0. The molecule has 29 heavy (non-hydrogen) atoms. The highest BCUT2D eigenvalue weighted by Gasteiger charge is 2.33. The van der Waals surface area contributed by atoms with E-state index in [0.29, 0.717) is 23.0 Å². The first-order valence-corrected chi connectivity index (χ1v) is 11.2. The van der Waals surface area contributed by atoms with E-state index in [0.717, 1.165) is 19.6 Å². The van der Waals surface area contributed by atoms with Crippen molar-refractivity contribution in [2.45, 2.75) is 43.5 Å². The molecular weight excluding hydrogens is 503 g/mol. The summed E-state index contributed by atoms with van der Waals surface area (Å²) in [5, 5.41) is 6.69. The SMILES string of the molecule is CN=C(NCc1ccccc1S(=O)(=O)N(C)C)NCC1(CCOC)CCCC1.I. The van der Waals surface area contributed by atoms with Crippen LogP contribution in [0.25, 0.3) is 0 Å². The maximum Gasteiger partial charge on any atom is 0.242 e. The van der Waals surface area contributed by atoms with E-state index in [2.05, 4.69) is 15.6 Å². The lowest BCUT2D eigenvalue weighted by atomic mass is 9.83. The molecule has 0 heterocycles. The van der Waals surface area contributed by atoms with Gasteiger partial charge in [0.05, 0.1) is 4.90 Å². The molecular formula is C20H35IN4O3S. The lowest BCUT2D eigenvalue weighted by molar-refractivity contribution is 0.138. The number of nitrogens with zero attached hydrogens (tertiary/aromatic N) is 2. The summed E-state index contributed by atoms with van der Waals surface area (Å²) >= 11 is 0. The highest BCUT2D eigenvalue weighted by atomic mass is 127. The molecule has 9 heteroatoms. The number of hydrogen-bond donors (Lipinski definition) is 2. The van der Waals surface area contributed by atoms with Gasteiger partial charge in [0.15, 0.2) is 5.96 Å². The number of sulfonamides is 1. The van der Waals surface area contributed by atoms with Gasteiger partial charge in [0.25, 0.3) is 0 Å². The van der Waals surface area contributed by atoms with Crippen molar-refractivity contribution in [1.29, 1.82) is 0 Å². The predicted molar refractivity (Wildman–Crippen MR) is 128 cm³/mol. The molecule has 1 aliphatic carbocycles. The number of halogens is 1. The van der Waals surface area contributed by atoms with E-state index in [1.807, 2.05) is 12.1 Å². The molecule has 0 saturated heterocycles. The summed E-state index contributed by atoms with van der Waals surface area (Å²) in [5.74, 6) is 0.681. The first-order chi connectivity index (χ1) is 13.3. The highest BCUT2D eigenvalue weighted by Crippen LogP contribution is 2.40. The quantitative estimate of drug-likeness (QED) is 0.287. The lowest BCUT2D eigenvalue weighted by Gasteiger charge is -2.30. The molecule has 1 saturated carbocycles. The van der Waals surface area contributed by atoms with Crippen LogP contribution in [0.2, 0.25) is 0 Å². The maximum atomic E-state index is 12.5. The predicted octanol–water partition coefficient (Wildman–Crippen LogP) is 2.82. The fraction of sp³-hybridized carbons (Fsp3) is 0.650. The molecule has 0 spiro atoms. The first-order valence-electron chi connectivity index (χ1n) is 9.78. The van der Waals surface area contributed by atoms with Crippen LogP contribution in [0.4, 0.5) is 0 Å². The molecule has 1 aromatic carbocycles. The molecule has 2 N–H and O–H groups in total. The van der Waals surface area contributed by atoms with Gasteiger partial charge in [-0.1, -0.05) is 31.0 Å². The Morgan fingerprint density at radius 3 is 2.45 bits per heavy atom. The Balaban J connectivity index is 0.00000420. The fourth-order valence-corrected chi connectivity index (χ4v) is 4.84. The molecule has 0 unspecified atom stereocenters. The third-order valence-corrected chi connectivity index (χ3v) is 7.45. The normalized spacial score (nSPS) is 16.5. The zero-order valence-electron chi connectivity index (χ0n) is 17.9. The Bertz CT molecular complexity index is 763. The van der Waals surface area contributed by atoms with Gasteiger partial charge in [0.2, 0.25) is 10.0 Å². The van der Waals surface area contributed by atoms with Crippen LogP contribution in [0, 0.1) is 5.41 Å². The molecule has 2 rings (SSSR count). The summed E-state index contributed by atoms with van der Waals surface area (Å²) in [6.07, 6.45) is 5.95. The van der Waals surface area contributed by atoms with E-state index in [4.69, 9.17) is 4.74 Å². The van der Waals surface area contributed by atoms with Gasteiger partial charge in [-0.3, -0.25) is 4.99 Å². The minimum atomic E-state index is -3.49. The van der Waals surface area contributed by atoms with E-state index in [9.17, 15) is 8.42 Å². The van der Waals surface area contributed by atoms with E-state index in [1.54, 1.807) is 40.4 Å². The molecule has 0 radical (unpaired) electrons. The van der Waals surface area contributed by atoms with Gasteiger partial charge in [0.1, 0.15) is 0 Å². The maximum absolute atomic E-state index is 12.5. The van der Waals surface area contributed by atoms with Crippen LogP contribution in [0.1, 0.15) is 37.7 Å². The number of hydrogen-bond acceptors (Lipinski definition) is 4. The smallest absolute Gasteiger partial charge is 0.242 e. The number of benzene rings is 1. The molecule has 1 fully saturated rings. The van der Waals surface area contributed by atoms with Crippen LogP contribution in [-0.2, 0) is 21.3 Å². The van der Waals surface area contributed by atoms with Crippen molar-refractivity contribution in [3.05, 3.63) is 29.8 Å². The summed E-state index contributed by atoms with van der Waals surface area (Å²) in [7, 11) is 3.07. The van der Waals surface area contributed by atoms with E-state index in [1.165, 1.54) is 30.0 Å². The fourth-order valence-electron chi connectivity index (χ4n) is 3.73. The average molecular weight is 538 g/mol. The number of guanidine groups is 1. The molecule has 0 aliphatic heterocycles. The summed E-state index contributed by atoms with van der Waals surface area (Å²) in [6.45, 7) is 1.99. The molecule has 7 nitrogen and oxygen atoms in total. The lowest BCUT2D eigenvalue weighted by Crippen LogP contribution is -2.43. The van der Waals surface area contributed by atoms with Gasteiger partial charge >= 0.3 is 0 Å². The minimum Gasteiger partial charge on any atom is -0.385 e. The van der Waals surface area contributed by atoms with Crippen LogP contribution in [-0.4, -0.2) is 60.1 Å². The van der Waals surface area contributed by atoms with Gasteiger partial charge in [-0.15, -0.1) is 24.0 Å². The first kappa shape index (κ1) is 26.1. The standard InChI is InChI=1S/C20H34N4O3S.HI/c1-21-19(23-16-20(13-14-27-4)11-7-8-12-20)22-15-17-9-5-6-10-18(17)28(25,26)24(2)3;/h5-6,9-10H,7-8,11-16H2,1-4H3,(H2,21,22,23);1H. The summed E-state index contributed by atoms with van der Waals surface area (Å²) in [4.78, 5) is 4.62. The molecule has 1 aromatic rings. The number of rotatable bonds is 9. The van der Waals surface area contributed by atoms with Crippen molar-refractivity contribution in [3.8, 4) is 0 Å². The summed E-state index contributed by atoms with van der Waals surface area (Å²) in [6, 6.07) is 7.06. The van der Waals surface area contributed by atoms with Crippen molar-refractivity contribution in [3.63, 3.8) is 0 Å². The van der Waals surface area contributed by atoms with Gasteiger partial charge in [-0.25, -0.2) is 12.7 Å². The third-order valence-electron chi connectivity index (χ3n) is 5.53. The molecule has 0 bridgehead atoms. The molecule has 0 aromatic heterocycles. The second kappa shape index (κ2) is 12.1. The zero-order chi connectivity index (χ0) is 20.6. The van der Waals surface area contributed by atoms with E-state index < -0.39 is 10.0 Å². The molecule has 0 atom stereocenters. The number of aliphatic imine (C=N–C) groups is 1. The van der Waals surface area contributed by atoms with E-state index >= 15 is 0 Å². The Kier molecular flexibility index (Phi) is 10.9. The van der Waals surface area contributed by atoms with Gasteiger partial charge < -0.3 is 15.4 Å². The third kappa shape index (κ3) is 7.08. The topological polar surface area (TPSA) is 83.0 Å². The highest BCUT2D eigenvalue weighted by molar-refractivity contribution is 14.0. The van der Waals surface area contributed by atoms with E-state index in [-0.39, 0.29) is 29.4 Å². The van der Waals surface area contributed by atoms with Crippen molar-refractivity contribution >= 4 is 40.0 Å². The van der Waals surface area contributed by atoms with Crippen LogP contribution in [0.15, 0.2) is 34.2 Å². The van der Waals surface area contributed by atoms with Gasteiger partial charge in [0, 0.05) is 47.9 Å². The molecule has 1 aliphatic rings. The second-order valence-corrected chi connectivity index (χ2v) is 9.74. The monoisotopic (exact) mass is 538 g/mol. The Morgan fingerprint density at radius 1 is 1.21 bits per heavy atom. The van der Waals surface area contributed by atoms with Crippen molar-refractivity contribution in [2.75, 3.05) is 41.4 Å². The van der Waals surface area contributed by atoms with Crippen molar-refractivity contribution < 1.29 is 13.2 Å². The Labute approximate surface area is 192 Å². The summed E-state index contributed by atoms with van der Waals surface area (Å²) < 4.78 is 31.6. The van der Waals surface area contributed by atoms with Gasteiger partial charge in [-0.05, 0) is 36.3 Å². The number of nitrogens with one attached hydrogen (secondary N) is 2. The second-order valence-electron chi connectivity index (χ2n) is 7.62. The van der Waals surface area contributed by atoms with Gasteiger partial charge in [-0.2, -0.15) is 0 Å². The largest absolute Gasteiger partial charge is 0.385 e. The summed E-state index contributed by atoms with van der Waals surface area (Å²) in [5.41, 5.74) is 0.967. The van der Waals surface area contributed by atoms with Crippen LogP contribution in [0.3, 0.4) is 0 Å². The van der Waals surface area contributed by atoms with Crippen LogP contribution in [0.5, 0.6) is 0 Å². The Morgan fingerprint density at radius 2 is 1.86 bits per heavy atom.